The van der Waals surface area contributed by atoms with Gasteiger partial charge in [0.15, 0.2) is 0 Å². The molecule has 0 aliphatic carbocycles. The fourth-order valence-corrected chi connectivity index (χ4v) is 4.17. The standard InChI is InChI=1S/C14H18N2O2S2/c1-10-5-6-13(15)14(11(10)2)20(17,18)16-8-7-12-4-3-9-19-12/h3-6,9,16H,7-8,15H2,1-2H3. The van der Waals surface area contributed by atoms with Crippen LogP contribution in [0.25, 0.3) is 0 Å². The molecule has 2 aromatic rings. The maximum Gasteiger partial charge on any atom is 0.242 e. The lowest BCUT2D eigenvalue weighted by atomic mass is 10.1. The second-order valence-electron chi connectivity index (χ2n) is 4.65. The summed E-state index contributed by atoms with van der Waals surface area (Å²) in [5.74, 6) is 0. The summed E-state index contributed by atoms with van der Waals surface area (Å²) in [6, 6.07) is 7.41. The Balaban J connectivity index is 2.16. The number of thiophene rings is 1. The number of benzene rings is 1. The van der Waals surface area contributed by atoms with Crippen LogP contribution >= 0.6 is 11.3 Å². The Morgan fingerprint density at radius 1 is 1.25 bits per heavy atom. The second kappa shape index (κ2) is 5.95. The molecular formula is C14H18N2O2S2. The van der Waals surface area contributed by atoms with Crippen molar-refractivity contribution in [2.75, 3.05) is 12.3 Å². The van der Waals surface area contributed by atoms with E-state index in [1.807, 2.05) is 30.5 Å². The Morgan fingerprint density at radius 3 is 2.65 bits per heavy atom. The molecule has 0 atom stereocenters. The smallest absolute Gasteiger partial charge is 0.242 e. The van der Waals surface area contributed by atoms with E-state index in [1.165, 1.54) is 0 Å². The highest BCUT2D eigenvalue weighted by Crippen LogP contribution is 2.25. The number of hydrogen-bond acceptors (Lipinski definition) is 4. The van der Waals surface area contributed by atoms with Crippen molar-refractivity contribution >= 4 is 27.0 Å². The van der Waals surface area contributed by atoms with Crippen LogP contribution in [-0.4, -0.2) is 15.0 Å². The number of anilines is 1. The van der Waals surface area contributed by atoms with Gasteiger partial charge >= 0.3 is 0 Å². The molecule has 6 heteroatoms. The lowest BCUT2D eigenvalue weighted by Gasteiger charge is -2.13. The molecule has 0 aliphatic heterocycles. The van der Waals surface area contributed by atoms with Crippen LogP contribution in [0.15, 0.2) is 34.5 Å². The van der Waals surface area contributed by atoms with E-state index in [0.29, 0.717) is 18.5 Å². The van der Waals surface area contributed by atoms with Gasteiger partial charge in [0, 0.05) is 11.4 Å². The zero-order chi connectivity index (χ0) is 14.8. The third kappa shape index (κ3) is 3.20. The quantitative estimate of drug-likeness (QED) is 0.833. The van der Waals surface area contributed by atoms with Gasteiger partial charge in [-0.1, -0.05) is 12.1 Å². The summed E-state index contributed by atoms with van der Waals surface area (Å²) in [6.45, 7) is 4.02. The first-order valence-corrected chi connectivity index (χ1v) is 8.66. The van der Waals surface area contributed by atoms with E-state index in [1.54, 1.807) is 24.3 Å². The molecule has 0 unspecified atom stereocenters. The molecule has 0 saturated carbocycles. The number of rotatable bonds is 5. The van der Waals surface area contributed by atoms with Gasteiger partial charge in [-0.15, -0.1) is 11.3 Å². The molecule has 1 heterocycles. The van der Waals surface area contributed by atoms with Gasteiger partial charge in [-0.05, 0) is 48.9 Å². The SMILES string of the molecule is Cc1ccc(N)c(S(=O)(=O)NCCc2cccs2)c1C. The van der Waals surface area contributed by atoms with E-state index in [0.717, 1.165) is 10.4 Å². The zero-order valence-electron chi connectivity index (χ0n) is 11.5. The van der Waals surface area contributed by atoms with Gasteiger partial charge in [0.25, 0.3) is 0 Å². The van der Waals surface area contributed by atoms with E-state index in [-0.39, 0.29) is 10.6 Å². The van der Waals surface area contributed by atoms with Gasteiger partial charge in [0.2, 0.25) is 10.0 Å². The summed E-state index contributed by atoms with van der Waals surface area (Å²) in [4.78, 5) is 1.35. The van der Waals surface area contributed by atoms with E-state index < -0.39 is 10.0 Å². The van der Waals surface area contributed by atoms with Crippen molar-refractivity contribution < 1.29 is 8.42 Å². The summed E-state index contributed by atoms with van der Waals surface area (Å²) >= 11 is 1.62. The van der Waals surface area contributed by atoms with E-state index in [2.05, 4.69) is 4.72 Å². The summed E-state index contributed by atoms with van der Waals surface area (Å²) in [6.07, 6.45) is 0.682. The first-order valence-electron chi connectivity index (χ1n) is 6.29. The molecule has 1 aromatic carbocycles. The molecule has 0 fully saturated rings. The Hall–Kier alpha value is -1.37. The number of aryl methyl sites for hydroxylation is 1. The van der Waals surface area contributed by atoms with E-state index in [9.17, 15) is 8.42 Å². The van der Waals surface area contributed by atoms with Crippen LogP contribution in [0.2, 0.25) is 0 Å². The van der Waals surface area contributed by atoms with Gasteiger partial charge < -0.3 is 5.73 Å². The fraction of sp³-hybridized carbons (Fsp3) is 0.286. The third-order valence-electron chi connectivity index (χ3n) is 3.22. The van der Waals surface area contributed by atoms with Crippen molar-refractivity contribution in [3.8, 4) is 0 Å². The van der Waals surface area contributed by atoms with Gasteiger partial charge in [0.05, 0.1) is 5.69 Å². The summed E-state index contributed by atoms with van der Waals surface area (Å²) in [7, 11) is -3.57. The number of nitrogen functional groups attached to an aromatic ring is 1. The van der Waals surface area contributed by atoms with Crippen LogP contribution in [0, 0.1) is 13.8 Å². The molecule has 20 heavy (non-hydrogen) atoms. The predicted octanol–water partition coefficient (Wildman–Crippen LogP) is 2.47. The Kier molecular flexibility index (Phi) is 4.47. The maximum atomic E-state index is 12.4. The Morgan fingerprint density at radius 2 is 2.00 bits per heavy atom. The number of hydrogen-bond donors (Lipinski definition) is 2. The molecule has 4 nitrogen and oxygen atoms in total. The van der Waals surface area contributed by atoms with Crippen LogP contribution in [-0.2, 0) is 16.4 Å². The van der Waals surface area contributed by atoms with Gasteiger partial charge in [-0.25, -0.2) is 13.1 Å². The number of sulfonamides is 1. The normalized spacial score (nSPS) is 11.7. The highest BCUT2D eigenvalue weighted by Gasteiger charge is 2.20. The molecule has 0 radical (unpaired) electrons. The minimum Gasteiger partial charge on any atom is -0.398 e. The van der Waals surface area contributed by atoms with Gasteiger partial charge in [-0.2, -0.15) is 0 Å². The Labute approximate surface area is 123 Å². The van der Waals surface area contributed by atoms with Crippen LogP contribution in [0.3, 0.4) is 0 Å². The van der Waals surface area contributed by atoms with Crippen LogP contribution in [0.5, 0.6) is 0 Å². The molecule has 1 aromatic heterocycles. The molecule has 0 saturated heterocycles. The van der Waals surface area contributed by atoms with Crippen LogP contribution in [0.4, 0.5) is 5.69 Å². The minimum absolute atomic E-state index is 0.198. The van der Waals surface area contributed by atoms with Crippen molar-refractivity contribution in [2.45, 2.75) is 25.2 Å². The topological polar surface area (TPSA) is 72.2 Å². The Bertz CT molecular complexity index is 692. The lowest BCUT2D eigenvalue weighted by Crippen LogP contribution is -2.27. The molecular weight excluding hydrogens is 292 g/mol. The first kappa shape index (κ1) is 15.0. The first-order chi connectivity index (χ1) is 9.42. The van der Waals surface area contributed by atoms with Crippen molar-refractivity contribution in [2.24, 2.45) is 0 Å². The third-order valence-corrected chi connectivity index (χ3v) is 5.82. The molecule has 0 aliphatic rings. The van der Waals surface area contributed by atoms with E-state index >= 15 is 0 Å². The predicted molar refractivity (Wildman–Crippen MR) is 83.5 cm³/mol. The van der Waals surface area contributed by atoms with Crippen molar-refractivity contribution in [3.05, 3.63) is 45.6 Å². The summed E-state index contributed by atoms with van der Waals surface area (Å²) in [5.41, 5.74) is 7.73. The van der Waals surface area contributed by atoms with Crippen molar-refractivity contribution in [1.82, 2.24) is 4.72 Å². The van der Waals surface area contributed by atoms with Crippen LogP contribution in [0.1, 0.15) is 16.0 Å². The minimum atomic E-state index is -3.57. The summed E-state index contributed by atoms with van der Waals surface area (Å²) in [5, 5.41) is 1.98. The second-order valence-corrected chi connectivity index (χ2v) is 7.39. The van der Waals surface area contributed by atoms with Gasteiger partial charge in [0.1, 0.15) is 4.90 Å². The van der Waals surface area contributed by atoms with Crippen molar-refractivity contribution in [1.29, 1.82) is 0 Å². The maximum absolute atomic E-state index is 12.4. The highest BCUT2D eigenvalue weighted by atomic mass is 32.2. The molecule has 2 rings (SSSR count). The lowest BCUT2D eigenvalue weighted by molar-refractivity contribution is 0.581. The average Bonchev–Trinajstić information content (AvgIpc) is 2.87. The monoisotopic (exact) mass is 310 g/mol. The largest absolute Gasteiger partial charge is 0.398 e. The average molecular weight is 310 g/mol. The molecule has 0 amide bonds. The van der Waals surface area contributed by atoms with Crippen molar-refractivity contribution in [3.63, 3.8) is 0 Å². The molecule has 0 bridgehead atoms. The summed E-state index contributed by atoms with van der Waals surface area (Å²) < 4.78 is 27.4. The molecule has 108 valence electrons. The number of nitrogens with one attached hydrogen (secondary N) is 1. The zero-order valence-corrected chi connectivity index (χ0v) is 13.1. The van der Waals surface area contributed by atoms with Gasteiger partial charge in [-0.3, -0.25) is 0 Å². The fourth-order valence-electron chi connectivity index (χ4n) is 2.00. The highest BCUT2D eigenvalue weighted by molar-refractivity contribution is 7.89. The molecule has 3 N–H and O–H groups in total. The van der Waals surface area contributed by atoms with E-state index in [4.69, 9.17) is 5.73 Å². The number of nitrogens with two attached hydrogens (primary N) is 1. The molecule has 0 spiro atoms. The van der Waals surface area contributed by atoms with Crippen LogP contribution < -0.4 is 10.5 Å².